The second kappa shape index (κ2) is 5.23. The number of pyridine rings is 1. The molecule has 0 saturated carbocycles. The maximum Gasteiger partial charge on any atom is 0.140 e. The molecule has 4 nitrogen and oxygen atoms in total. The third kappa shape index (κ3) is 2.90. The van der Waals surface area contributed by atoms with Gasteiger partial charge in [-0.2, -0.15) is 10.2 Å². The highest BCUT2D eigenvalue weighted by Gasteiger charge is 2.02. The molecule has 0 saturated heterocycles. The van der Waals surface area contributed by atoms with Crippen molar-refractivity contribution < 1.29 is 0 Å². The van der Waals surface area contributed by atoms with Crippen LogP contribution >= 0.6 is 27.5 Å². The number of nitrogens with zero attached hydrogens (tertiary/aromatic N) is 3. The highest BCUT2D eigenvalue weighted by Crippen LogP contribution is 2.23. The molecule has 0 fully saturated rings. The molecule has 2 aromatic rings. The van der Waals surface area contributed by atoms with Crippen molar-refractivity contribution in [3.05, 3.63) is 45.8 Å². The minimum Gasteiger partial charge on any atom is -0.363 e. The Morgan fingerprint density at radius 1 is 1.44 bits per heavy atom. The fourth-order valence-corrected chi connectivity index (χ4v) is 1.93. The molecule has 0 aliphatic rings. The SMILES string of the molecule is Clc1cnc(NCc2cccnn2)c(Br)c1. The minimum atomic E-state index is 0.571. The van der Waals surface area contributed by atoms with Gasteiger partial charge in [0, 0.05) is 12.4 Å². The van der Waals surface area contributed by atoms with Gasteiger partial charge in [-0.05, 0) is 34.1 Å². The molecule has 0 bridgehead atoms. The smallest absolute Gasteiger partial charge is 0.140 e. The van der Waals surface area contributed by atoms with Crippen LogP contribution in [0.3, 0.4) is 0 Å². The predicted molar refractivity (Wildman–Crippen MR) is 66.3 cm³/mol. The van der Waals surface area contributed by atoms with Crippen LogP contribution in [0.4, 0.5) is 5.82 Å². The molecule has 2 heterocycles. The van der Waals surface area contributed by atoms with Crippen molar-refractivity contribution >= 4 is 33.3 Å². The van der Waals surface area contributed by atoms with Gasteiger partial charge in [0.15, 0.2) is 0 Å². The van der Waals surface area contributed by atoms with Crippen LogP contribution in [0, 0.1) is 0 Å². The summed E-state index contributed by atoms with van der Waals surface area (Å²) in [6, 6.07) is 5.52. The highest BCUT2D eigenvalue weighted by molar-refractivity contribution is 9.10. The standard InChI is InChI=1S/C10H8BrClN4/c11-9-4-7(12)5-13-10(9)14-6-8-2-1-3-15-16-8/h1-5H,6H2,(H,13,14). The van der Waals surface area contributed by atoms with Gasteiger partial charge >= 0.3 is 0 Å². The molecule has 82 valence electrons. The molecular formula is C10H8BrClN4. The van der Waals surface area contributed by atoms with E-state index >= 15 is 0 Å². The van der Waals surface area contributed by atoms with Crippen molar-refractivity contribution in [3.8, 4) is 0 Å². The van der Waals surface area contributed by atoms with Crippen LogP contribution in [0.15, 0.2) is 35.1 Å². The maximum atomic E-state index is 5.79. The third-order valence-corrected chi connectivity index (χ3v) is 2.68. The average Bonchev–Trinajstić information content (AvgIpc) is 2.29. The lowest BCUT2D eigenvalue weighted by atomic mass is 10.4. The molecule has 0 spiro atoms. The molecule has 2 rings (SSSR count). The van der Waals surface area contributed by atoms with E-state index in [-0.39, 0.29) is 0 Å². The van der Waals surface area contributed by atoms with E-state index in [0.29, 0.717) is 11.6 Å². The number of hydrogen-bond acceptors (Lipinski definition) is 4. The zero-order chi connectivity index (χ0) is 11.4. The summed E-state index contributed by atoms with van der Waals surface area (Å²) in [5.41, 5.74) is 0.853. The molecule has 0 unspecified atom stereocenters. The van der Waals surface area contributed by atoms with E-state index in [9.17, 15) is 0 Å². The van der Waals surface area contributed by atoms with Crippen LogP contribution in [0.1, 0.15) is 5.69 Å². The van der Waals surface area contributed by atoms with Gasteiger partial charge in [-0.15, -0.1) is 0 Å². The molecule has 1 N–H and O–H groups in total. The van der Waals surface area contributed by atoms with Crippen molar-refractivity contribution in [1.29, 1.82) is 0 Å². The largest absolute Gasteiger partial charge is 0.363 e. The predicted octanol–water partition coefficient (Wildman–Crippen LogP) is 2.90. The summed E-state index contributed by atoms with van der Waals surface area (Å²) in [7, 11) is 0. The van der Waals surface area contributed by atoms with E-state index in [2.05, 4.69) is 36.4 Å². The maximum absolute atomic E-state index is 5.79. The summed E-state index contributed by atoms with van der Waals surface area (Å²) in [6.45, 7) is 0.571. The first-order chi connectivity index (χ1) is 7.75. The molecule has 0 aromatic carbocycles. The first-order valence-corrected chi connectivity index (χ1v) is 5.74. The quantitative estimate of drug-likeness (QED) is 0.947. The van der Waals surface area contributed by atoms with Crippen LogP contribution in [-0.4, -0.2) is 15.2 Å². The summed E-state index contributed by atoms with van der Waals surface area (Å²) >= 11 is 9.17. The summed E-state index contributed by atoms with van der Waals surface area (Å²) in [5, 5.41) is 11.5. The van der Waals surface area contributed by atoms with E-state index in [1.165, 1.54) is 0 Å². The minimum absolute atomic E-state index is 0.571. The number of nitrogens with one attached hydrogen (secondary N) is 1. The van der Waals surface area contributed by atoms with Crippen LogP contribution in [0.2, 0.25) is 5.02 Å². The van der Waals surface area contributed by atoms with Crippen molar-refractivity contribution in [3.63, 3.8) is 0 Å². The van der Waals surface area contributed by atoms with Gasteiger partial charge in [0.1, 0.15) is 5.82 Å². The summed E-state index contributed by atoms with van der Waals surface area (Å²) < 4.78 is 0.823. The monoisotopic (exact) mass is 298 g/mol. The lowest BCUT2D eigenvalue weighted by Crippen LogP contribution is -2.04. The van der Waals surface area contributed by atoms with Gasteiger partial charge in [0.2, 0.25) is 0 Å². The van der Waals surface area contributed by atoms with Gasteiger partial charge in [-0.3, -0.25) is 0 Å². The van der Waals surface area contributed by atoms with E-state index in [4.69, 9.17) is 11.6 Å². The Morgan fingerprint density at radius 3 is 3.00 bits per heavy atom. The number of rotatable bonds is 3. The van der Waals surface area contributed by atoms with Crippen molar-refractivity contribution in [2.75, 3.05) is 5.32 Å². The van der Waals surface area contributed by atoms with Crippen molar-refractivity contribution in [2.24, 2.45) is 0 Å². The Kier molecular flexibility index (Phi) is 3.69. The number of aromatic nitrogens is 3. The Morgan fingerprint density at radius 2 is 2.31 bits per heavy atom. The average molecular weight is 300 g/mol. The third-order valence-electron chi connectivity index (χ3n) is 1.87. The Balaban J connectivity index is 2.05. The van der Waals surface area contributed by atoms with Gasteiger partial charge in [0.05, 0.1) is 21.7 Å². The zero-order valence-corrected chi connectivity index (χ0v) is 10.5. The Bertz CT molecular complexity index is 478. The molecular weight excluding hydrogens is 291 g/mol. The fraction of sp³-hybridized carbons (Fsp3) is 0.100. The van der Waals surface area contributed by atoms with Crippen LogP contribution in [-0.2, 0) is 6.54 Å². The van der Waals surface area contributed by atoms with Gasteiger partial charge < -0.3 is 5.32 Å². The molecule has 0 radical (unpaired) electrons. The van der Waals surface area contributed by atoms with Gasteiger partial charge in [-0.25, -0.2) is 4.98 Å². The summed E-state index contributed by atoms with van der Waals surface area (Å²) in [5.74, 6) is 0.732. The lowest BCUT2D eigenvalue weighted by molar-refractivity contribution is 0.920. The summed E-state index contributed by atoms with van der Waals surface area (Å²) in [4.78, 5) is 4.15. The molecule has 16 heavy (non-hydrogen) atoms. The van der Waals surface area contributed by atoms with Crippen LogP contribution in [0.5, 0.6) is 0 Å². The number of anilines is 1. The van der Waals surface area contributed by atoms with Gasteiger partial charge in [0.25, 0.3) is 0 Å². The molecule has 0 aliphatic carbocycles. The topological polar surface area (TPSA) is 50.7 Å². The second-order valence-electron chi connectivity index (χ2n) is 3.05. The molecule has 0 aliphatic heterocycles. The highest BCUT2D eigenvalue weighted by atomic mass is 79.9. The molecule has 2 aromatic heterocycles. The fourth-order valence-electron chi connectivity index (χ4n) is 1.15. The molecule has 6 heteroatoms. The number of hydrogen-bond donors (Lipinski definition) is 1. The van der Waals surface area contributed by atoms with E-state index < -0.39 is 0 Å². The zero-order valence-electron chi connectivity index (χ0n) is 8.19. The Hall–Kier alpha value is -1.20. The first kappa shape index (κ1) is 11.3. The number of halogens is 2. The Labute approximate surface area is 106 Å². The van der Waals surface area contributed by atoms with Crippen LogP contribution < -0.4 is 5.32 Å². The van der Waals surface area contributed by atoms with Crippen molar-refractivity contribution in [1.82, 2.24) is 15.2 Å². The lowest BCUT2D eigenvalue weighted by Gasteiger charge is -2.06. The molecule has 0 amide bonds. The van der Waals surface area contributed by atoms with Crippen molar-refractivity contribution in [2.45, 2.75) is 6.54 Å². The second-order valence-corrected chi connectivity index (χ2v) is 4.34. The van der Waals surface area contributed by atoms with E-state index in [0.717, 1.165) is 16.0 Å². The van der Waals surface area contributed by atoms with E-state index in [1.54, 1.807) is 18.5 Å². The normalized spacial score (nSPS) is 10.1. The van der Waals surface area contributed by atoms with Gasteiger partial charge in [-0.1, -0.05) is 11.6 Å². The summed E-state index contributed by atoms with van der Waals surface area (Å²) in [6.07, 6.45) is 3.23. The molecule has 0 atom stereocenters. The first-order valence-electron chi connectivity index (χ1n) is 4.57. The van der Waals surface area contributed by atoms with Crippen LogP contribution in [0.25, 0.3) is 0 Å². The van der Waals surface area contributed by atoms with E-state index in [1.807, 2.05) is 12.1 Å².